The Balaban J connectivity index is 2.42. The molecule has 1 unspecified atom stereocenters. The van der Waals surface area contributed by atoms with Crippen molar-refractivity contribution >= 4 is 28.5 Å². The van der Waals surface area contributed by atoms with Gasteiger partial charge in [0.2, 0.25) is 0 Å². The highest BCUT2D eigenvalue weighted by Gasteiger charge is 2.28. The molecular weight excluding hydrogens is 166 g/mol. The van der Waals surface area contributed by atoms with E-state index in [2.05, 4.69) is 15.3 Å². The fraction of sp³-hybridized carbons (Fsp3) is 0.167. The lowest BCUT2D eigenvalue weighted by molar-refractivity contribution is -0.113. The van der Waals surface area contributed by atoms with Crippen LogP contribution in [0.3, 0.4) is 0 Å². The molecule has 0 saturated carbocycles. The van der Waals surface area contributed by atoms with Crippen molar-refractivity contribution in [2.45, 2.75) is 6.04 Å². The minimum absolute atomic E-state index is 0.130. The Kier molecular flexibility index (Phi) is 1.29. The Morgan fingerprint density at radius 2 is 2.45 bits per heavy atom. The van der Waals surface area contributed by atoms with Gasteiger partial charge >= 0.3 is 0 Å². The van der Waals surface area contributed by atoms with Crippen LogP contribution in [0.5, 0.6) is 0 Å². The molecule has 0 aromatic carbocycles. The SMILES string of the molecule is O=C1NC(Cl)=NC2C=CN=C12. The lowest BCUT2D eigenvalue weighted by Gasteiger charge is -2.13. The molecule has 5 heteroatoms. The van der Waals surface area contributed by atoms with Crippen LogP contribution in [-0.2, 0) is 4.79 Å². The first-order valence-electron chi connectivity index (χ1n) is 3.06. The number of amides is 1. The first-order chi connectivity index (χ1) is 5.27. The molecule has 0 radical (unpaired) electrons. The molecule has 11 heavy (non-hydrogen) atoms. The zero-order chi connectivity index (χ0) is 7.84. The smallest absolute Gasteiger partial charge is 0.274 e. The quantitative estimate of drug-likeness (QED) is 0.512. The molecule has 0 aromatic heterocycles. The topological polar surface area (TPSA) is 53.8 Å². The molecule has 0 spiro atoms. The van der Waals surface area contributed by atoms with E-state index in [0.29, 0.717) is 5.71 Å². The summed E-state index contributed by atoms with van der Waals surface area (Å²) in [5.74, 6) is -0.264. The minimum Gasteiger partial charge on any atom is -0.296 e. The lowest BCUT2D eigenvalue weighted by atomic mass is 10.2. The van der Waals surface area contributed by atoms with Crippen molar-refractivity contribution in [3.8, 4) is 0 Å². The van der Waals surface area contributed by atoms with Crippen molar-refractivity contribution in [1.29, 1.82) is 0 Å². The Bertz CT molecular complexity index is 305. The van der Waals surface area contributed by atoms with E-state index in [1.54, 1.807) is 12.3 Å². The van der Waals surface area contributed by atoms with Gasteiger partial charge in [-0.15, -0.1) is 0 Å². The molecule has 1 N–H and O–H groups in total. The number of nitrogens with one attached hydrogen (secondary N) is 1. The van der Waals surface area contributed by atoms with Gasteiger partial charge in [0.1, 0.15) is 11.8 Å². The van der Waals surface area contributed by atoms with Gasteiger partial charge in [0.15, 0.2) is 5.29 Å². The maximum Gasteiger partial charge on any atom is 0.274 e. The normalized spacial score (nSPS) is 27.4. The van der Waals surface area contributed by atoms with Gasteiger partial charge < -0.3 is 0 Å². The van der Waals surface area contributed by atoms with Gasteiger partial charge in [0.25, 0.3) is 5.91 Å². The average Bonchev–Trinajstić information content (AvgIpc) is 2.34. The molecule has 2 rings (SSSR count). The monoisotopic (exact) mass is 169 g/mol. The van der Waals surface area contributed by atoms with Crippen LogP contribution in [0.1, 0.15) is 0 Å². The third-order valence-corrected chi connectivity index (χ3v) is 1.66. The van der Waals surface area contributed by atoms with Gasteiger partial charge in [-0.3, -0.25) is 15.1 Å². The Labute approximate surface area is 67.7 Å². The predicted octanol–water partition coefficient (Wildman–Crippen LogP) is 0.0479. The van der Waals surface area contributed by atoms with E-state index in [9.17, 15) is 4.79 Å². The molecule has 0 fully saturated rings. The first kappa shape index (κ1) is 6.54. The summed E-state index contributed by atoms with van der Waals surface area (Å²) in [7, 11) is 0. The number of fused-ring (bicyclic) bond motifs is 1. The molecule has 0 aromatic rings. The standard InChI is InChI=1S/C6H4ClN3O/c7-6-9-3-1-2-8-4(3)5(11)10-6/h1-3H,(H,9,10,11). The number of halogens is 1. The summed E-state index contributed by atoms with van der Waals surface area (Å²) in [6, 6.07) is -0.267. The van der Waals surface area contributed by atoms with Gasteiger partial charge in [0.05, 0.1) is 0 Å². The van der Waals surface area contributed by atoms with Crippen molar-refractivity contribution in [3.05, 3.63) is 12.3 Å². The molecule has 4 nitrogen and oxygen atoms in total. The minimum atomic E-state index is -0.267. The number of amidine groups is 1. The summed E-state index contributed by atoms with van der Waals surface area (Å²) < 4.78 is 0. The third-order valence-electron chi connectivity index (χ3n) is 1.46. The summed E-state index contributed by atoms with van der Waals surface area (Å²) in [6.07, 6.45) is 3.27. The fourth-order valence-electron chi connectivity index (χ4n) is 0.982. The second-order valence-electron chi connectivity index (χ2n) is 2.17. The maximum absolute atomic E-state index is 11.0. The summed E-state index contributed by atoms with van der Waals surface area (Å²) in [4.78, 5) is 18.8. The molecule has 2 aliphatic heterocycles. The van der Waals surface area contributed by atoms with E-state index in [0.717, 1.165) is 0 Å². The van der Waals surface area contributed by atoms with Crippen LogP contribution in [0.4, 0.5) is 0 Å². The van der Waals surface area contributed by atoms with Crippen LogP contribution in [0.2, 0.25) is 0 Å². The van der Waals surface area contributed by atoms with E-state index in [4.69, 9.17) is 11.6 Å². The predicted molar refractivity (Wildman–Crippen MR) is 41.8 cm³/mol. The molecular formula is C6H4ClN3O. The molecule has 2 heterocycles. The molecule has 1 atom stereocenters. The van der Waals surface area contributed by atoms with Gasteiger partial charge in [0, 0.05) is 6.20 Å². The molecule has 1 amide bonds. The maximum atomic E-state index is 11.0. The number of hydrogen-bond donors (Lipinski definition) is 1. The van der Waals surface area contributed by atoms with Gasteiger partial charge in [-0.2, -0.15) is 0 Å². The second kappa shape index (κ2) is 2.17. The van der Waals surface area contributed by atoms with Crippen LogP contribution in [0, 0.1) is 0 Å². The van der Waals surface area contributed by atoms with Crippen molar-refractivity contribution in [3.63, 3.8) is 0 Å². The molecule has 0 bridgehead atoms. The Hall–Kier alpha value is -1.16. The number of carbonyl (C=O) groups excluding carboxylic acids is 1. The molecule has 0 saturated heterocycles. The lowest BCUT2D eigenvalue weighted by Crippen LogP contribution is -2.42. The highest BCUT2D eigenvalue weighted by Crippen LogP contribution is 2.10. The summed E-state index contributed by atoms with van der Waals surface area (Å²) in [5.41, 5.74) is 0.411. The van der Waals surface area contributed by atoms with Crippen molar-refractivity contribution < 1.29 is 4.79 Å². The van der Waals surface area contributed by atoms with E-state index in [1.165, 1.54) is 0 Å². The largest absolute Gasteiger partial charge is 0.296 e. The summed E-state index contributed by atoms with van der Waals surface area (Å²) in [6.45, 7) is 0. The highest BCUT2D eigenvalue weighted by molar-refractivity contribution is 6.68. The zero-order valence-electron chi connectivity index (χ0n) is 5.41. The zero-order valence-corrected chi connectivity index (χ0v) is 6.17. The van der Waals surface area contributed by atoms with Crippen molar-refractivity contribution in [2.75, 3.05) is 0 Å². The van der Waals surface area contributed by atoms with E-state index >= 15 is 0 Å². The van der Waals surface area contributed by atoms with Gasteiger partial charge in [-0.25, -0.2) is 4.99 Å². The van der Waals surface area contributed by atoms with Gasteiger partial charge in [-0.05, 0) is 17.7 Å². The van der Waals surface area contributed by atoms with Crippen molar-refractivity contribution in [2.24, 2.45) is 9.98 Å². The van der Waals surface area contributed by atoms with E-state index in [-0.39, 0.29) is 17.2 Å². The van der Waals surface area contributed by atoms with Crippen LogP contribution < -0.4 is 5.32 Å². The number of rotatable bonds is 0. The van der Waals surface area contributed by atoms with Gasteiger partial charge in [-0.1, -0.05) is 0 Å². The van der Waals surface area contributed by atoms with Crippen LogP contribution in [0.15, 0.2) is 22.3 Å². The van der Waals surface area contributed by atoms with Crippen LogP contribution >= 0.6 is 11.6 Å². The number of carbonyl (C=O) groups is 1. The van der Waals surface area contributed by atoms with Crippen molar-refractivity contribution in [1.82, 2.24) is 5.32 Å². The highest BCUT2D eigenvalue weighted by atomic mass is 35.5. The fourth-order valence-corrected chi connectivity index (χ4v) is 1.17. The number of nitrogens with zero attached hydrogens (tertiary/aromatic N) is 2. The summed E-state index contributed by atoms with van der Waals surface area (Å²) in [5, 5.41) is 2.49. The number of aliphatic imine (C=N–C) groups is 2. The Morgan fingerprint density at radius 1 is 1.64 bits per heavy atom. The summed E-state index contributed by atoms with van der Waals surface area (Å²) >= 11 is 5.51. The van der Waals surface area contributed by atoms with Crippen LogP contribution in [0.25, 0.3) is 0 Å². The molecule has 0 aliphatic carbocycles. The first-order valence-corrected chi connectivity index (χ1v) is 3.44. The average molecular weight is 170 g/mol. The van der Waals surface area contributed by atoms with E-state index < -0.39 is 0 Å². The molecule has 56 valence electrons. The van der Waals surface area contributed by atoms with E-state index in [1.807, 2.05) is 0 Å². The Morgan fingerprint density at radius 3 is 3.27 bits per heavy atom. The molecule has 2 aliphatic rings. The third kappa shape index (κ3) is 0.952. The van der Waals surface area contributed by atoms with Crippen LogP contribution in [-0.4, -0.2) is 23.0 Å². The number of hydrogen-bond acceptors (Lipinski definition) is 3. The second-order valence-corrected chi connectivity index (χ2v) is 2.53.